The van der Waals surface area contributed by atoms with Crippen molar-refractivity contribution in [1.82, 2.24) is 0 Å². The Hall–Kier alpha value is -2.60. The number of carbonyl (C=O) groups excluding carboxylic acids is 2. The molecule has 2 aromatic rings. The lowest BCUT2D eigenvalue weighted by atomic mass is 10.1. The largest absolute Gasteiger partial charge is 0.486 e. The van der Waals surface area contributed by atoms with Crippen LogP contribution in [0, 0.1) is 5.82 Å². The lowest BCUT2D eigenvalue weighted by Crippen LogP contribution is -2.17. The Balaban J connectivity index is 1.59. The molecule has 0 spiro atoms. The number of nitrogens with one attached hydrogen (secondary N) is 1. The molecule has 1 N–H and O–H groups in total. The molecule has 25 heavy (non-hydrogen) atoms. The summed E-state index contributed by atoms with van der Waals surface area (Å²) >= 11 is 6.13. The van der Waals surface area contributed by atoms with Gasteiger partial charge in [-0.15, -0.1) is 0 Å². The van der Waals surface area contributed by atoms with Crippen molar-refractivity contribution in [2.75, 3.05) is 18.5 Å². The van der Waals surface area contributed by atoms with E-state index in [9.17, 15) is 14.0 Å². The number of halogens is 2. The van der Waals surface area contributed by atoms with Gasteiger partial charge in [0.1, 0.15) is 19.0 Å². The standard InChI is InChI=1S/C18H15ClFNO4/c19-13-9-16-17(25-8-7-24-16)10-14(13)21-18(23)6-5-15(22)11-1-3-12(20)4-2-11/h1-4,9-10H,5-8H2,(H,21,23). The van der Waals surface area contributed by atoms with Gasteiger partial charge in [0.15, 0.2) is 17.3 Å². The second-order valence-corrected chi connectivity index (χ2v) is 5.86. The molecule has 5 nitrogen and oxygen atoms in total. The van der Waals surface area contributed by atoms with Crippen LogP contribution in [0.15, 0.2) is 36.4 Å². The van der Waals surface area contributed by atoms with Crippen molar-refractivity contribution in [2.24, 2.45) is 0 Å². The van der Waals surface area contributed by atoms with Crippen LogP contribution < -0.4 is 14.8 Å². The Bertz CT molecular complexity index is 807. The first kappa shape index (κ1) is 17.2. The number of hydrogen-bond donors (Lipinski definition) is 1. The molecule has 0 aliphatic carbocycles. The van der Waals surface area contributed by atoms with Gasteiger partial charge in [-0.2, -0.15) is 0 Å². The van der Waals surface area contributed by atoms with Crippen LogP contribution in [0.3, 0.4) is 0 Å². The van der Waals surface area contributed by atoms with E-state index in [-0.39, 0.29) is 24.5 Å². The van der Waals surface area contributed by atoms with Crippen LogP contribution in [0.25, 0.3) is 0 Å². The zero-order valence-electron chi connectivity index (χ0n) is 13.2. The highest BCUT2D eigenvalue weighted by atomic mass is 35.5. The lowest BCUT2D eigenvalue weighted by Gasteiger charge is -2.20. The predicted octanol–water partition coefficient (Wildman–Crippen LogP) is 3.85. The molecule has 3 rings (SSSR count). The van der Waals surface area contributed by atoms with Crippen molar-refractivity contribution < 1.29 is 23.5 Å². The Labute approximate surface area is 148 Å². The van der Waals surface area contributed by atoms with Gasteiger partial charge >= 0.3 is 0 Å². The first-order chi connectivity index (χ1) is 12.0. The summed E-state index contributed by atoms with van der Waals surface area (Å²) in [5.74, 6) is 0.0362. The number of anilines is 1. The fourth-order valence-corrected chi connectivity index (χ4v) is 2.58. The number of Topliss-reactive ketones (excluding diaryl/α,β-unsaturated/α-hetero) is 1. The average molecular weight is 364 g/mol. The number of amides is 1. The van der Waals surface area contributed by atoms with E-state index in [1.165, 1.54) is 24.3 Å². The maximum Gasteiger partial charge on any atom is 0.224 e. The number of ether oxygens (including phenoxy) is 2. The van der Waals surface area contributed by atoms with Gasteiger partial charge in [-0.3, -0.25) is 9.59 Å². The quantitative estimate of drug-likeness (QED) is 0.819. The highest BCUT2D eigenvalue weighted by molar-refractivity contribution is 6.34. The summed E-state index contributed by atoms with van der Waals surface area (Å²) < 4.78 is 23.7. The molecule has 1 aliphatic rings. The van der Waals surface area contributed by atoms with Gasteiger partial charge in [-0.25, -0.2) is 4.39 Å². The molecule has 0 aromatic heterocycles. The zero-order chi connectivity index (χ0) is 17.8. The van der Waals surface area contributed by atoms with E-state index in [2.05, 4.69) is 5.32 Å². The summed E-state index contributed by atoms with van der Waals surface area (Å²) in [6.07, 6.45) is 0.000612. The Morgan fingerprint density at radius 2 is 1.68 bits per heavy atom. The third-order valence-corrected chi connectivity index (χ3v) is 3.96. The van der Waals surface area contributed by atoms with Crippen molar-refractivity contribution >= 4 is 29.0 Å². The van der Waals surface area contributed by atoms with Crippen molar-refractivity contribution in [3.05, 3.63) is 52.8 Å². The van der Waals surface area contributed by atoms with Gasteiger partial charge in [-0.1, -0.05) is 11.6 Å². The van der Waals surface area contributed by atoms with Crippen molar-refractivity contribution in [1.29, 1.82) is 0 Å². The third-order valence-electron chi connectivity index (χ3n) is 3.65. The summed E-state index contributed by atoms with van der Waals surface area (Å²) in [5, 5.41) is 2.98. The summed E-state index contributed by atoms with van der Waals surface area (Å²) in [7, 11) is 0. The van der Waals surface area contributed by atoms with Crippen LogP contribution in [0.1, 0.15) is 23.2 Å². The van der Waals surface area contributed by atoms with Crippen molar-refractivity contribution in [3.8, 4) is 11.5 Å². The van der Waals surface area contributed by atoms with Gasteiger partial charge < -0.3 is 14.8 Å². The molecule has 1 heterocycles. The Morgan fingerprint density at radius 1 is 1.04 bits per heavy atom. The van der Waals surface area contributed by atoms with Crippen molar-refractivity contribution in [3.63, 3.8) is 0 Å². The first-order valence-electron chi connectivity index (χ1n) is 7.70. The van der Waals surface area contributed by atoms with Gasteiger partial charge in [0.25, 0.3) is 0 Å². The minimum atomic E-state index is -0.414. The van der Waals surface area contributed by atoms with Crippen LogP contribution >= 0.6 is 11.6 Å². The predicted molar refractivity (Wildman–Crippen MR) is 91.0 cm³/mol. The summed E-state index contributed by atoms with van der Waals surface area (Å²) in [6.45, 7) is 0.870. The van der Waals surface area contributed by atoms with Crippen LogP contribution in [0.2, 0.25) is 5.02 Å². The van der Waals surface area contributed by atoms with E-state index in [0.717, 1.165) is 0 Å². The molecular weight excluding hydrogens is 349 g/mol. The SMILES string of the molecule is O=C(CCC(=O)c1ccc(F)cc1)Nc1cc2c(cc1Cl)OCCO2. The molecule has 130 valence electrons. The smallest absolute Gasteiger partial charge is 0.224 e. The molecule has 0 saturated heterocycles. The van der Waals surface area contributed by atoms with Gasteiger partial charge in [0.05, 0.1) is 10.7 Å². The normalized spacial score (nSPS) is 12.6. The fourth-order valence-electron chi connectivity index (χ4n) is 2.38. The number of fused-ring (bicyclic) bond motifs is 1. The molecule has 0 bridgehead atoms. The van der Waals surface area contributed by atoms with E-state index >= 15 is 0 Å². The average Bonchev–Trinajstić information content (AvgIpc) is 2.61. The highest BCUT2D eigenvalue weighted by Crippen LogP contribution is 2.38. The molecule has 0 radical (unpaired) electrons. The van der Waals surface area contributed by atoms with Gasteiger partial charge in [0.2, 0.25) is 5.91 Å². The Morgan fingerprint density at radius 3 is 2.36 bits per heavy atom. The van der Waals surface area contributed by atoms with Crippen LogP contribution in [0.4, 0.5) is 10.1 Å². The number of ketones is 1. The van der Waals surface area contributed by atoms with Crippen LogP contribution in [-0.2, 0) is 4.79 Å². The maximum absolute atomic E-state index is 12.9. The van der Waals surface area contributed by atoms with Gasteiger partial charge in [-0.05, 0) is 24.3 Å². The topological polar surface area (TPSA) is 64.6 Å². The monoisotopic (exact) mass is 363 g/mol. The minimum absolute atomic E-state index is 0.0129. The van der Waals surface area contributed by atoms with E-state index in [1.54, 1.807) is 12.1 Å². The first-order valence-corrected chi connectivity index (χ1v) is 8.08. The molecule has 0 fully saturated rings. The molecule has 0 saturated carbocycles. The molecule has 7 heteroatoms. The van der Waals surface area contributed by atoms with E-state index in [0.29, 0.717) is 41.0 Å². The van der Waals surface area contributed by atoms with E-state index in [1.807, 2.05) is 0 Å². The summed E-state index contributed by atoms with van der Waals surface area (Å²) in [6, 6.07) is 8.39. The summed E-state index contributed by atoms with van der Waals surface area (Å²) in [5.41, 5.74) is 0.761. The van der Waals surface area contributed by atoms with Crippen molar-refractivity contribution in [2.45, 2.75) is 12.8 Å². The number of carbonyl (C=O) groups is 2. The maximum atomic E-state index is 12.9. The molecule has 0 atom stereocenters. The molecule has 1 aliphatic heterocycles. The molecular formula is C18H15ClFNO4. The molecule has 1 amide bonds. The number of hydrogen-bond acceptors (Lipinski definition) is 4. The molecule has 2 aromatic carbocycles. The second kappa shape index (κ2) is 7.53. The highest BCUT2D eigenvalue weighted by Gasteiger charge is 2.17. The minimum Gasteiger partial charge on any atom is -0.486 e. The third kappa shape index (κ3) is 4.28. The van der Waals surface area contributed by atoms with E-state index in [4.69, 9.17) is 21.1 Å². The molecule has 0 unspecified atom stereocenters. The van der Waals surface area contributed by atoms with E-state index < -0.39 is 5.82 Å². The lowest BCUT2D eigenvalue weighted by molar-refractivity contribution is -0.116. The fraction of sp³-hybridized carbons (Fsp3) is 0.222. The number of rotatable bonds is 5. The zero-order valence-corrected chi connectivity index (χ0v) is 13.9. The second-order valence-electron chi connectivity index (χ2n) is 5.45. The van der Waals surface area contributed by atoms with Crippen LogP contribution in [-0.4, -0.2) is 24.9 Å². The Kier molecular flexibility index (Phi) is 5.19. The summed E-state index contributed by atoms with van der Waals surface area (Å²) in [4.78, 5) is 24.1. The van der Waals surface area contributed by atoms with Gasteiger partial charge in [0, 0.05) is 30.5 Å². The number of benzene rings is 2. The van der Waals surface area contributed by atoms with Crippen LogP contribution in [0.5, 0.6) is 11.5 Å².